The molecule has 1 fully saturated rings. The Morgan fingerprint density at radius 2 is 2.25 bits per heavy atom. The van der Waals surface area contributed by atoms with Crippen LogP contribution in [0.3, 0.4) is 0 Å². The first-order valence-electron chi connectivity index (χ1n) is 2.40. The molecule has 3 nitrogen and oxygen atoms in total. The van der Waals surface area contributed by atoms with Crippen molar-refractivity contribution >= 4 is 5.91 Å². The molecule has 3 heteroatoms. The Morgan fingerprint density at radius 1 is 1.75 bits per heavy atom. The van der Waals surface area contributed by atoms with Gasteiger partial charge in [0.05, 0.1) is 0 Å². The van der Waals surface area contributed by atoms with Crippen LogP contribution in [0.2, 0.25) is 0 Å². The standard InChI is InChI=1S/C5H6N2O/c1-7-5(2-3-5)4(6)8/h2-3H2,(H2,6,8). The molecule has 0 spiro atoms. The fourth-order valence-electron chi connectivity index (χ4n) is 0.532. The number of nitrogens with two attached hydrogens (primary N) is 1. The lowest BCUT2D eigenvalue weighted by Gasteiger charge is -1.89. The minimum atomic E-state index is -0.778. The number of amides is 1. The van der Waals surface area contributed by atoms with Gasteiger partial charge in [-0.1, -0.05) is 0 Å². The molecule has 0 unspecified atom stereocenters. The molecule has 1 saturated carbocycles. The highest BCUT2D eigenvalue weighted by Crippen LogP contribution is 2.39. The van der Waals surface area contributed by atoms with Gasteiger partial charge in [0, 0.05) is 12.8 Å². The fourth-order valence-corrected chi connectivity index (χ4v) is 0.532. The van der Waals surface area contributed by atoms with Crippen molar-refractivity contribution in [2.24, 2.45) is 5.73 Å². The summed E-state index contributed by atoms with van der Waals surface area (Å²) in [5.41, 5.74) is 4.11. The van der Waals surface area contributed by atoms with E-state index in [9.17, 15) is 4.79 Å². The summed E-state index contributed by atoms with van der Waals surface area (Å²) in [5, 5.41) is 0. The van der Waals surface area contributed by atoms with Gasteiger partial charge in [0.1, 0.15) is 0 Å². The Balaban J connectivity index is 2.71. The summed E-state index contributed by atoms with van der Waals surface area (Å²) in [5.74, 6) is -0.465. The van der Waals surface area contributed by atoms with Crippen LogP contribution >= 0.6 is 0 Å². The number of rotatable bonds is 1. The normalized spacial score (nSPS) is 21.4. The monoisotopic (exact) mass is 110 g/mol. The molecular weight excluding hydrogens is 104 g/mol. The van der Waals surface area contributed by atoms with Crippen LogP contribution in [0.15, 0.2) is 0 Å². The molecule has 0 aromatic rings. The zero-order chi connectivity index (χ0) is 6.20. The molecule has 0 aromatic carbocycles. The van der Waals surface area contributed by atoms with Gasteiger partial charge in [0.15, 0.2) is 0 Å². The van der Waals surface area contributed by atoms with Crippen LogP contribution < -0.4 is 5.73 Å². The summed E-state index contributed by atoms with van der Waals surface area (Å²) in [6.45, 7) is 6.52. The third kappa shape index (κ3) is 0.463. The molecule has 0 aliphatic heterocycles. The van der Waals surface area contributed by atoms with Crippen LogP contribution in [0.1, 0.15) is 12.8 Å². The summed E-state index contributed by atoms with van der Waals surface area (Å²) in [6.07, 6.45) is 1.32. The van der Waals surface area contributed by atoms with Crippen LogP contribution in [0.4, 0.5) is 0 Å². The number of hydrogen-bond acceptors (Lipinski definition) is 1. The van der Waals surface area contributed by atoms with Gasteiger partial charge in [-0.15, -0.1) is 0 Å². The molecular formula is C5H6N2O. The van der Waals surface area contributed by atoms with Crippen molar-refractivity contribution in [2.45, 2.75) is 18.4 Å². The Kier molecular flexibility index (Phi) is 0.779. The second-order valence-electron chi connectivity index (χ2n) is 2.01. The zero-order valence-electron chi connectivity index (χ0n) is 4.35. The number of primary amides is 1. The van der Waals surface area contributed by atoms with Crippen molar-refractivity contribution in [3.05, 3.63) is 11.4 Å². The van der Waals surface area contributed by atoms with Gasteiger partial charge in [-0.3, -0.25) is 9.64 Å². The fraction of sp³-hybridized carbons (Fsp3) is 0.600. The maximum atomic E-state index is 10.3. The van der Waals surface area contributed by atoms with Crippen LogP contribution in [0, 0.1) is 6.57 Å². The van der Waals surface area contributed by atoms with E-state index >= 15 is 0 Å². The second kappa shape index (κ2) is 1.22. The highest BCUT2D eigenvalue weighted by Gasteiger charge is 2.57. The topological polar surface area (TPSA) is 47.5 Å². The first kappa shape index (κ1) is 5.10. The SMILES string of the molecule is [C-]#[N+]C1(C(N)=O)CC1. The molecule has 0 atom stereocenters. The van der Waals surface area contributed by atoms with Crippen molar-refractivity contribution in [3.8, 4) is 0 Å². The van der Waals surface area contributed by atoms with E-state index in [0.29, 0.717) is 12.8 Å². The van der Waals surface area contributed by atoms with Gasteiger partial charge >= 0.3 is 11.4 Å². The van der Waals surface area contributed by atoms with Gasteiger partial charge in [-0.2, -0.15) is 0 Å². The lowest BCUT2D eigenvalue weighted by atomic mass is 10.3. The van der Waals surface area contributed by atoms with Crippen LogP contribution in [-0.4, -0.2) is 11.4 Å². The second-order valence-corrected chi connectivity index (χ2v) is 2.01. The van der Waals surface area contributed by atoms with Gasteiger partial charge < -0.3 is 5.73 Å². The van der Waals surface area contributed by atoms with E-state index in [1.165, 1.54) is 0 Å². The molecule has 1 amide bonds. The Hall–Kier alpha value is -1.04. The first-order valence-corrected chi connectivity index (χ1v) is 2.40. The molecule has 0 saturated heterocycles. The largest absolute Gasteiger partial charge is 0.363 e. The number of hydrogen-bond donors (Lipinski definition) is 1. The number of nitrogens with zero attached hydrogens (tertiary/aromatic N) is 1. The molecule has 1 aliphatic carbocycles. The van der Waals surface area contributed by atoms with Crippen molar-refractivity contribution < 1.29 is 4.79 Å². The third-order valence-corrected chi connectivity index (χ3v) is 1.40. The maximum Gasteiger partial charge on any atom is 0.309 e. The Morgan fingerprint density at radius 3 is 2.25 bits per heavy atom. The molecule has 0 radical (unpaired) electrons. The quantitative estimate of drug-likeness (QED) is 0.471. The van der Waals surface area contributed by atoms with E-state index in [4.69, 9.17) is 12.3 Å². The van der Waals surface area contributed by atoms with Gasteiger partial charge in [0.2, 0.25) is 0 Å². The summed E-state index contributed by atoms with van der Waals surface area (Å²) in [7, 11) is 0. The Bertz CT molecular complexity index is 164. The summed E-state index contributed by atoms with van der Waals surface area (Å²) >= 11 is 0. The average Bonchev–Trinajstić information content (AvgIpc) is 2.44. The smallest absolute Gasteiger partial charge is 0.309 e. The average molecular weight is 110 g/mol. The van der Waals surface area contributed by atoms with E-state index < -0.39 is 11.4 Å². The summed E-state index contributed by atoms with van der Waals surface area (Å²) in [6, 6.07) is 0. The predicted octanol–water partition coefficient (Wildman–Crippen LogP) is -0.0764. The molecule has 8 heavy (non-hydrogen) atoms. The Labute approximate surface area is 47.3 Å². The van der Waals surface area contributed by atoms with E-state index in [2.05, 4.69) is 4.85 Å². The molecule has 1 rings (SSSR count). The van der Waals surface area contributed by atoms with Gasteiger partial charge in [-0.05, 0) is 0 Å². The van der Waals surface area contributed by atoms with E-state index in [0.717, 1.165) is 0 Å². The lowest BCUT2D eigenvalue weighted by Crippen LogP contribution is -2.26. The molecule has 0 aromatic heterocycles. The number of carbonyl (C=O) groups excluding carboxylic acids is 1. The molecule has 2 N–H and O–H groups in total. The number of carbonyl (C=O) groups is 1. The van der Waals surface area contributed by atoms with Crippen molar-refractivity contribution in [1.82, 2.24) is 0 Å². The van der Waals surface area contributed by atoms with Gasteiger partial charge in [0.25, 0.3) is 0 Å². The molecule has 42 valence electrons. The van der Waals surface area contributed by atoms with E-state index in [-0.39, 0.29) is 0 Å². The highest BCUT2D eigenvalue weighted by atomic mass is 16.1. The van der Waals surface area contributed by atoms with Crippen LogP contribution in [0.5, 0.6) is 0 Å². The minimum absolute atomic E-state index is 0.465. The van der Waals surface area contributed by atoms with E-state index in [1.807, 2.05) is 0 Å². The third-order valence-electron chi connectivity index (χ3n) is 1.40. The van der Waals surface area contributed by atoms with Crippen molar-refractivity contribution in [2.75, 3.05) is 0 Å². The highest BCUT2D eigenvalue weighted by molar-refractivity contribution is 5.89. The van der Waals surface area contributed by atoms with Crippen molar-refractivity contribution in [1.29, 1.82) is 0 Å². The van der Waals surface area contributed by atoms with Crippen LogP contribution in [-0.2, 0) is 4.79 Å². The molecule has 1 aliphatic rings. The maximum absolute atomic E-state index is 10.3. The molecule has 0 heterocycles. The van der Waals surface area contributed by atoms with Crippen molar-refractivity contribution in [3.63, 3.8) is 0 Å². The summed E-state index contributed by atoms with van der Waals surface area (Å²) in [4.78, 5) is 13.4. The molecule has 0 bridgehead atoms. The first-order chi connectivity index (χ1) is 3.71. The zero-order valence-corrected chi connectivity index (χ0v) is 4.35. The van der Waals surface area contributed by atoms with Crippen LogP contribution in [0.25, 0.3) is 4.85 Å². The summed E-state index contributed by atoms with van der Waals surface area (Å²) < 4.78 is 0. The van der Waals surface area contributed by atoms with Gasteiger partial charge in [-0.25, -0.2) is 6.57 Å². The minimum Gasteiger partial charge on any atom is -0.363 e. The predicted molar refractivity (Wildman–Crippen MR) is 27.8 cm³/mol. The lowest BCUT2D eigenvalue weighted by molar-refractivity contribution is -0.119. The van der Waals surface area contributed by atoms with E-state index in [1.54, 1.807) is 0 Å².